The van der Waals surface area contributed by atoms with Gasteiger partial charge < -0.3 is 10.0 Å². The number of nitrogens with zero attached hydrogens (tertiary/aromatic N) is 3. The van der Waals surface area contributed by atoms with Gasteiger partial charge in [-0.25, -0.2) is 9.07 Å². The van der Waals surface area contributed by atoms with Crippen LogP contribution in [0.5, 0.6) is 0 Å². The van der Waals surface area contributed by atoms with E-state index in [1.54, 1.807) is 12.1 Å². The molecule has 6 heteroatoms. The third-order valence-corrected chi connectivity index (χ3v) is 6.57. The summed E-state index contributed by atoms with van der Waals surface area (Å²) in [5, 5.41) is 14.0. The fourth-order valence-electron chi connectivity index (χ4n) is 5.04. The smallest absolute Gasteiger partial charge is 0.229 e. The summed E-state index contributed by atoms with van der Waals surface area (Å²) in [6.07, 6.45) is 6.42. The fraction of sp³-hybridized carbons (Fsp3) is 0.500. The van der Waals surface area contributed by atoms with Gasteiger partial charge in [-0.15, -0.1) is 0 Å². The summed E-state index contributed by atoms with van der Waals surface area (Å²) in [7, 11) is 0. The molecule has 5 nitrogen and oxygen atoms in total. The molecular weight excluding hydrogens is 381 g/mol. The van der Waals surface area contributed by atoms with E-state index in [0.29, 0.717) is 13.1 Å². The standard InChI is InChI=1S/C24H30FN3O2/c1-3-4-11-27(12-13-29)24(30)20-10-5-17-14-22-21(16(2)23(17)20)15-26-28(22)19-8-6-18(25)7-9-19/h6-9,15-16,20,29H,3-5,10-14H2,1-2H3/t16-,20+/m0/s1. The third kappa shape index (κ3) is 3.69. The lowest BCUT2D eigenvalue weighted by atomic mass is 9.79. The van der Waals surface area contributed by atoms with E-state index >= 15 is 0 Å². The Morgan fingerprint density at radius 2 is 2.07 bits per heavy atom. The van der Waals surface area contributed by atoms with Crippen LogP contribution in [0.15, 0.2) is 41.6 Å². The molecule has 2 aromatic rings. The molecule has 160 valence electrons. The Hall–Kier alpha value is -2.47. The van der Waals surface area contributed by atoms with Crippen molar-refractivity contribution in [2.75, 3.05) is 19.7 Å². The maximum absolute atomic E-state index is 13.3. The zero-order chi connectivity index (χ0) is 21.3. The number of amides is 1. The number of rotatable bonds is 7. The van der Waals surface area contributed by atoms with Crippen LogP contribution in [-0.2, 0) is 11.2 Å². The quantitative estimate of drug-likeness (QED) is 0.701. The molecule has 0 fully saturated rings. The van der Waals surface area contributed by atoms with Crippen LogP contribution in [0.1, 0.15) is 56.7 Å². The lowest BCUT2D eigenvalue weighted by Gasteiger charge is -2.30. The average molecular weight is 412 g/mol. The number of unbranched alkanes of at least 4 members (excludes halogenated alkanes) is 1. The van der Waals surface area contributed by atoms with Crippen LogP contribution in [-0.4, -0.2) is 45.4 Å². The second kappa shape index (κ2) is 8.72. The van der Waals surface area contributed by atoms with Crippen molar-refractivity contribution in [2.45, 2.75) is 51.9 Å². The van der Waals surface area contributed by atoms with E-state index in [1.807, 2.05) is 15.8 Å². The van der Waals surface area contributed by atoms with Gasteiger partial charge in [0.2, 0.25) is 5.91 Å². The van der Waals surface area contributed by atoms with Crippen molar-refractivity contribution in [1.82, 2.24) is 14.7 Å². The van der Waals surface area contributed by atoms with Gasteiger partial charge in [-0.3, -0.25) is 4.79 Å². The summed E-state index contributed by atoms with van der Waals surface area (Å²) in [4.78, 5) is 15.2. The van der Waals surface area contributed by atoms with Crippen molar-refractivity contribution in [3.05, 3.63) is 58.7 Å². The predicted octanol–water partition coefficient (Wildman–Crippen LogP) is 4.00. The van der Waals surface area contributed by atoms with Gasteiger partial charge in [-0.05, 0) is 43.5 Å². The molecule has 1 heterocycles. The highest BCUT2D eigenvalue weighted by Gasteiger charge is 2.40. The lowest BCUT2D eigenvalue weighted by molar-refractivity contribution is -0.135. The molecule has 0 radical (unpaired) electrons. The Morgan fingerprint density at radius 1 is 1.30 bits per heavy atom. The maximum atomic E-state index is 13.3. The van der Waals surface area contributed by atoms with E-state index in [-0.39, 0.29) is 30.2 Å². The lowest BCUT2D eigenvalue weighted by Crippen LogP contribution is -2.39. The summed E-state index contributed by atoms with van der Waals surface area (Å²) in [6.45, 7) is 5.38. The first kappa shape index (κ1) is 20.8. The molecule has 1 aromatic carbocycles. The zero-order valence-electron chi connectivity index (χ0n) is 17.8. The van der Waals surface area contributed by atoms with E-state index in [4.69, 9.17) is 0 Å². The molecule has 4 rings (SSSR count). The normalized spacial score (nSPS) is 20.3. The Balaban J connectivity index is 1.61. The van der Waals surface area contributed by atoms with E-state index < -0.39 is 0 Å². The van der Waals surface area contributed by atoms with Crippen LogP contribution in [0.2, 0.25) is 0 Å². The summed E-state index contributed by atoms with van der Waals surface area (Å²) in [5.74, 6) is -0.0632. The fourth-order valence-corrected chi connectivity index (χ4v) is 5.04. The topological polar surface area (TPSA) is 58.4 Å². The SMILES string of the molecule is CCCCN(CCO)C(=O)[C@@H]1CCC2=C1[C@@H](C)c1cnn(-c3ccc(F)cc3)c1C2. The minimum Gasteiger partial charge on any atom is -0.395 e. The maximum Gasteiger partial charge on any atom is 0.229 e. The molecule has 1 aromatic heterocycles. The van der Waals surface area contributed by atoms with Gasteiger partial charge in [0.05, 0.1) is 30.1 Å². The van der Waals surface area contributed by atoms with E-state index in [9.17, 15) is 14.3 Å². The monoisotopic (exact) mass is 411 g/mol. The third-order valence-electron chi connectivity index (χ3n) is 6.57. The van der Waals surface area contributed by atoms with Gasteiger partial charge in [0.1, 0.15) is 5.82 Å². The van der Waals surface area contributed by atoms with Gasteiger partial charge in [0.15, 0.2) is 0 Å². The van der Waals surface area contributed by atoms with Crippen LogP contribution in [0.25, 0.3) is 5.69 Å². The Morgan fingerprint density at radius 3 is 2.77 bits per heavy atom. The van der Waals surface area contributed by atoms with Gasteiger partial charge in [-0.1, -0.05) is 31.4 Å². The number of fused-ring (bicyclic) bond motifs is 1. The van der Waals surface area contributed by atoms with Gasteiger partial charge >= 0.3 is 0 Å². The van der Waals surface area contributed by atoms with Crippen molar-refractivity contribution >= 4 is 5.91 Å². The van der Waals surface area contributed by atoms with Crippen molar-refractivity contribution in [2.24, 2.45) is 5.92 Å². The average Bonchev–Trinajstić information content (AvgIpc) is 3.36. The van der Waals surface area contributed by atoms with E-state index in [1.165, 1.54) is 23.3 Å². The van der Waals surface area contributed by atoms with Crippen molar-refractivity contribution in [1.29, 1.82) is 0 Å². The van der Waals surface area contributed by atoms with Crippen molar-refractivity contribution < 1.29 is 14.3 Å². The largest absolute Gasteiger partial charge is 0.395 e. The molecule has 2 aliphatic carbocycles. The predicted molar refractivity (Wildman–Crippen MR) is 114 cm³/mol. The number of hydrogen-bond acceptors (Lipinski definition) is 3. The summed E-state index contributed by atoms with van der Waals surface area (Å²) in [6, 6.07) is 6.41. The molecule has 0 saturated heterocycles. The number of halogens is 1. The first-order valence-electron chi connectivity index (χ1n) is 11.0. The van der Waals surface area contributed by atoms with Crippen LogP contribution in [0.3, 0.4) is 0 Å². The Labute approximate surface area is 177 Å². The Bertz CT molecular complexity index is 948. The second-order valence-electron chi connectivity index (χ2n) is 8.39. The minimum absolute atomic E-state index is 0.00176. The highest BCUT2D eigenvalue weighted by Crippen LogP contribution is 2.47. The Kier molecular flexibility index (Phi) is 6.04. The van der Waals surface area contributed by atoms with Crippen molar-refractivity contribution in [3.63, 3.8) is 0 Å². The molecule has 0 saturated carbocycles. The van der Waals surface area contributed by atoms with E-state index in [2.05, 4.69) is 18.9 Å². The van der Waals surface area contributed by atoms with Crippen molar-refractivity contribution in [3.8, 4) is 5.69 Å². The number of hydrogen-bond donors (Lipinski definition) is 1. The highest BCUT2D eigenvalue weighted by atomic mass is 19.1. The summed E-state index contributed by atoms with van der Waals surface area (Å²) < 4.78 is 15.2. The summed E-state index contributed by atoms with van der Waals surface area (Å²) in [5.41, 5.74) is 5.75. The van der Waals surface area contributed by atoms with Gasteiger partial charge in [0.25, 0.3) is 0 Å². The number of aliphatic hydroxyl groups excluding tert-OH is 1. The molecular formula is C24H30FN3O2. The first-order valence-corrected chi connectivity index (χ1v) is 11.0. The van der Waals surface area contributed by atoms with Gasteiger partial charge in [-0.2, -0.15) is 5.10 Å². The molecule has 30 heavy (non-hydrogen) atoms. The van der Waals surface area contributed by atoms with Crippen LogP contribution in [0.4, 0.5) is 4.39 Å². The molecule has 2 aliphatic rings. The van der Waals surface area contributed by atoms with Crippen LogP contribution < -0.4 is 0 Å². The number of benzene rings is 1. The number of aromatic nitrogens is 2. The minimum atomic E-state index is -0.259. The summed E-state index contributed by atoms with van der Waals surface area (Å²) >= 11 is 0. The zero-order valence-corrected chi connectivity index (χ0v) is 17.8. The molecule has 1 N–H and O–H groups in total. The number of aliphatic hydroxyl groups is 1. The molecule has 0 aliphatic heterocycles. The first-order chi connectivity index (χ1) is 14.5. The van der Waals surface area contributed by atoms with Crippen LogP contribution in [0, 0.1) is 11.7 Å². The number of allylic oxidation sites excluding steroid dienone is 1. The van der Waals surface area contributed by atoms with Crippen LogP contribution >= 0.6 is 0 Å². The number of carbonyl (C=O) groups is 1. The molecule has 0 bridgehead atoms. The second-order valence-corrected chi connectivity index (χ2v) is 8.39. The molecule has 0 unspecified atom stereocenters. The molecule has 2 atom stereocenters. The van der Waals surface area contributed by atoms with E-state index in [0.717, 1.165) is 49.0 Å². The molecule has 1 amide bonds. The number of carbonyl (C=O) groups excluding carboxylic acids is 1. The van der Waals surface area contributed by atoms with Gasteiger partial charge in [0, 0.05) is 31.0 Å². The highest BCUT2D eigenvalue weighted by molar-refractivity contribution is 5.83. The molecule has 0 spiro atoms.